The quantitative estimate of drug-likeness (QED) is 0.628. The molecule has 1 aromatic carbocycles. The zero-order valence-electron chi connectivity index (χ0n) is 7.87. The molecule has 66 valence electrons. The fourth-order valence-corrected chi connectivity index (χ4v) is 2.66. The van der Waals surface area contributed by atoms with Gasteiger partial charge in [0.25, 0.3) is 0 Å². The van der Waals surface area contributed by atoms with E-state index in [4.69, 9.17) is 0 Å². The summed E-state index contributed by atoms with van der Waals surface area (Å²) in [6.07, 6.45) is 4.28. The molecule has 2 rings (SSSR count). The van der Waals surface area contributed by atoms with E-state index in [1.807, 2.05) is 11.3 Å². The lowest BCUT2D eigenvalue weighted by atomic mass is 10.1. The molecule has 0 radical (unpaired) electrons. The number of benzene rings is 1. The van der Waals surface area contributed by atoms with Gasteiger partial charge in [-0.15, -0.1) is 11.3 Å². The molecule has 2 aromatic rings. The molecule has 1 heteroatoms. The predicted octanol–water partition coefficient (Wildman–Crippen LogP) is 4.24. The Labute approximate surface area is 82.5 Å². The molecule has 0 N–H and O–H groups in total. The van der Waals surface area contributed by atoms with Crippen LogP contribution in [0.5, 0.6) is 0 Å². The number of thiophene rings is 1. The van der Waals surface area contributed by atoms with Crippen LogP contribution >= 0.6 is 11.3 Å². The largest absolute Gasteiger partial charge is 0.140 e. The fourth-order valence-electron chi connectivity index (χ4n) is 1.56. The molecule has 0 bridgehead atoms. The van der Waals surface area contributed by atoms with Gasteiger partial charge in [-0.2, -0.15) is 0 Å². The van der Waals surface area contributed by atoms with Gasteiger partial charge >= 0.3 is 0 Å². The molecule has 0 saturated heterocycles. The first-order chi connectivity index (χ1) is 6.33. The van der Waals surface area contributed by atoms with Gasteiger partial charge in [0.05, 0.1) is 0 Å². The molecule has 0 aliphatic heterocycles. The van der Waals surface area contributed by atoms with Crippen molar-refractivity contribution in [3.05, 3.63) is 40.1 Å². The Bertz CT molecular complexity index is 449. The lowest BCUT2D eigenvalue weighted by molar-refractivity contribution is 1.68. The minimum Gasteiger partial charge on any atom is -0.140 e. The zero-order valence-corrected chi connectivity index (χ0v) is 8.69. The van der Waals surface area contributed by atoms with Crippen LogP contribution in [0.3, 0.4) is 0 Å². The van der Waals surface area contributed by atoms with Gasteiger partial charge in [-0.05, 0) is 30.7 Å². The minimum absolute atomic E-state index is 1.37. The summed E-state index contributed by atoms with van der Waals surface area (Å²) in [5.74, 6) is 0. The third-order valence-electron chi connectivity index (χ3n) is 2.15. The molecule has 1 aromatic heterocycles. The van der Waals surface area contributed by atoms with Crippen molar-refractivity contribution >= 4 is 28.2 Å². The first-order valence-corrected chi connectivity index (χ1v) is 5.25. The van der Waals surface area contributed by atoms with E-state index in [9.17, 15) is 0 Å². The van der Waals surface area contributed by atoms with Gasteiger partial charge in [-0.25, -0.2) is 0 Å². The Kier molecular flexibility index (Phi) is 2.19. The maximum Gasteiger partial charge on any atom is 0.0348 e. The fraction of sp³-hybridized carbons (Fsp3) is 0.167. The second kappa shape index (κ2) is 3.35. The van der Waals surface area contributed by atoms with E-state index in [0.717, 1.165) is 0 Å². The summed E-state index contributed by atoms with van der Waals surface area (Å²) < 4.78 is 0. The molecule has 0 amide bonds. The molecule has 0 spiro atoms. The summed E-state index contributed by atoms with van der Waals surface area (Å²) in [4.78, 5) is 2.78. The summed E-state index contributed by atoms with van der Waals surface area (Å²) in [5.41, 5.74) is 0. The van der Waals surface area contributed by atoms with Gasteiger partial charge in [0.2, 0.25) is 0 Å². The van der Waals surface area contributed by atoms with Gasteiger partial charge in [0, 0.05) is 9.75 Å². The zero-order chi connectivity index (χ0) is 9.26. The molecule has 0 fully saturated rings. The molecule has 0 aliphatic rings. The van der Waals surface area contributed by atoms with E-state index in [0.29, 0.717) is 0 Å². The molecule has 1 heterocycles. The molecule has 0 atom stereocenters. The molecule has 0 nitrogen and oxygen atoms in total. The van der Waals surface area contributed by atoms with Crippen molar-refractivity contribution in [3.8, 4) is 0 Å². The Morgan fingerprint density at radius 3 is 2.54 bits per heavy atom. The summed E-state index contributed by atoms with van der Waals surface area (Å²) >= 11 is 1.87. The van der Waals surface area contributed by atoms with E-state index in [1.165, 1.54) is 20.5 Å². The third kappa shape index (κ3) is 1.40. The van der Waals surface area contributed by atoms with Gasteiger partial charge in [-0.3, -0.25) is 0 Å². The first-order valence-electron chi connectivity index (χ1n) is 4.43. The van der Waals surface area contributed by atoms with E-state index in [2.05, 4.69) is 50.3 Å². The first kappa shape index (κ1) is 8.52. The standard InChI is InChI=1S/C12H12S/c1-3-6-12-11-8-5-4-7-10(11)9(2)13-12/h3-8H,1-2H3/b6-3+. The lowest BCUT2D eigenvalue weighted by Crippen LogP contribution is -1.66. The Morgan fingerprint density at radius 2 is 1.85 bits per heavy atom. The summed E-state index contributed by atoms with van der Waals surface area (Å²) in [5, 5.41) is 2.77. The Hall–Kier alpha value is -1.08. The van der Waals surface area contributed by atoms with Crippen LogP contribution in [0, 0.1) is 6.92 Å². The Balaban J connectivity index is 2.77. The SMILES string of the molecule is C/C=C/c1sc(C)c2ccccc12. The van der Waals surface area contributed by atoms with Crippen molar-refractivity contribution in [1.29, 1.82) is 0 Å². The van der Waals surface area contributed by atoms with Crippen LogP contribution in [0.4, 0.5) is 0 Å². The maximum absolute atomic E-state index is 2.19. The van der Waals surface area contributed by atoms with Crippen LogP contribution in [-0.4, -0.2) is 0 Å². The Morgan fingerprint density at radius 1 is 1.15 bits per heavy atom. The summed E-state index contributed by atoms with van der Waals surface area (Å²) in [6.45, 7) is 4.24. The van der Waals surface area contributed by atoms with Crippen LogP contribution in [-0.2, 0) is 0 Å². The number of hydrogen-bond acceptors (Lipinski definition) is 1. The van der Waals surface area contributed by atoms with Gasteiger partial charge < -0.3 is 0 Å². The number of rotatable bonds is 1. The number of aryl methyl sites for hydroxylation is 1. The summed E-state index contributed by atoms with van der Waals surface area (Å²) in [6, 6.07) is 8.57. The highest BCUT2D eigenvalue weighted by molar-refractivity contribution is 7.14. The number of fused-ring (bicyclic) bond motifs is 1. The van der Waals surface area contributed by atoms with Crippen LogP contribution in [0.15, 0.2) is 30.3 Å². The van der Waals surface area contributed by atoms with Crippen LogP contribution in [0.2, 0.25) is 0 Å². The van der Waals surface area contributed by atoms with Gasteiger partial charge in [0.15, 0.2) is 0 Å². The van der Waals surface area contributed by atoms with Crippen molar-refractivity contribution in [2.75, 3.05) is 0 Å². The highest BCUT2D eigenvalue weighted by Gasteiger charge is 2.03. The van der Waals surface area contributed by atoms with E-state index in [1.54, 1.807) is 0 Å². The summed E-state index contributed by atoms with van der Waals surface area (Å²) in [7, 11) is 0. The highest BCUT2D eigenvalue weighted by atomic mass is 32.1. The van der Waals surface area contributed by atoms with Crippen molar-refractivity contribution in [3.63, 3.8) is 0 Å². The van der Waals surface area contributed by atoms with Crippen molar-refractivity contribution in [2.45, 2.75) is 13.8 Å². The second-order valence-electron chi connectivity index (χ2n) is 3.07. The van der Waals surface area contributed by atoms with Crippen LogP contribution in [0.1, 0.15) is 16.7 Å². The number of hydrogen-bond donors (Lipinski definition) is 0. The van der Waals surface area contributed by atoms with Crippen molar-refractivity contribution in [1.82, 2.24) is 0 Å². The third-order valence-corrected chi connectivity index (χ3v) is 3.25. The van der Waals surface area contributed by atoms with Gasteiger partial charge in [0.1, 0.15) is 0 Å². The molecule has 13 heavy (non-hydrogen) atoms. The predicted molar refractivity (Wildman–Crippen MR) is 61.3 cm³/mol. The highest BCUT2D eigenvalue weighted by Crippen LogP contribution is 2.31. The monoisotopic (exact) mass is 188 g/mol. The normalized spacial score (nSPS) is 11.5. The van der Waals surface area contributed by atoms with E-state index >= 15 is 0 Å². The average molecular weight is 188 g/mol. The van der Waals surface area contributed by atoms with Crippen LogP contribution < -0.4 is 0 Å². The molecule has 0 aliphatic carbocycles. The van der Waals surface area contributed by atoms with Crippen LogP contribution in [0.25, 0.3) is 16.8 Å². The topological polar surface area (TPSA) is 0 Å². The maximum atomic E-state index is 2.19. The minimum atomic E-state index is 1.37. The molecular formula is C12H12S. The average Bonchev–Trinajstić information content (AvgIpc) is 2.46. The smallest absolute Gasteiger partial charge is 0.0348 e. The van der Waals surface area contributed by atoms with E-state index < -0.39 is 0 Å². The second-order valence-corrected chi connectivity index (χ2v) is 4.32. The molecule has 0 saturated carbocycles. The lowest BCUT2D eigenvalue weighted by Gasteiger charge is -1.89. The number of allylic oxidation sites excluding steroid dienone is 1. The van der Waals surface area contributed by atoms with Crippen molar-refractivity contribution in [2.24, 2.45) is 0 Å². The molecule has 0 unspecified atom stereocenters. The van der Waals surface area contributed by atoms with Crippen molar-refractivity contribution < 1.29 is 0 Å². The van der Waals surface area contributed by atoms with E-state index in [-0.39, 0.29) is 0 Å². The molecular weight excluding hydrogens is 176 g/mol. The van der Waals surface area contributed by atoms with Gasteiger partial charge in [-0.1, -0.05) is 30.3 Å².